The molecule has 7 nitrogen and oxygen atoms in total. The average molecular weight is 363 g/mol. The van der Waals surface area contributed by atoms with Gasteiger partial charge in [0.25, 0.3) is 11.6 Å². The lowest BCUT2D eigenvalue weighted by Gasteiger charge is -2.46. The number of rotatable bonds is 4. The van der Waals surface area contributed by atoms with Gasteiger partial charge in [-0.2, -0.15) is 0 Å². The number of amides is 1. The third-order valence-corrected chi connectivity index (χ3v) is 4.85. The first-order valence-corrected chi connectivity index (χ1v) is 8.45. The van der Waals surface area contributed by atoms with Crippen LogP contribution in [0.5, 0.6) is 0 Å². The van der Waals surface area contributed by atoms with Crippen LogP contribution in [0.2, 0.25) is 0 Å². The van der Waals surface area contributed by atoms with E-state index < -0.39 is 10.6 Å². The first kappa shape index (κ1) is 16.8. The molecule has 3 aromatic rings. The molecule has 0 bridgehead atoms. The zero-order chi connectivity index (χ0) is 19.0. The van der Waals surface area contributed by atoms with Gasteiger partial charge in [0, 0.05) is 17.8 Å². The number of carbonyl (C=O) groups excluding carboxylic acids is 1. The summed E-state index contributed by atoms with van der Waals surface area (Å²) in [4.78, 5) is 25.4. The van der Waals surface area contributed by atoms with Gasteiger partial charge in [0.1, 0.15) is 11.4 Å². The summed E-state index contributed by atoms with van der Waals surface area (Å²) in [6, 6.07) is 17.1. The van der Waals surface area contributed by atoms with E-state index in [9.17, 15) is 14.9 Å². The summed E-state index contributed by atoms with van der Waals surface area (Å²) in [5.74, 6) is 0.513. The predicted molar refractivity (Wildman–Crippen MR) is 99.1 cm³/mol. The Bertz CT molecular complexity index is 998. The van der Waals surface area contributed by atoms with Crippen molar-refractivity contribution in [3.8, 4) is 0 Å². The van der Waals surface area contributed by atoms with Crippen LogP contribution in [0.4, 0.5) is 11.4 Å². The molecule has 1 atom stereocenters. The maximum absolute atomic E-state index is 13.2. The Morgan fingerprint density at radius 3 is 2.52 bits per heavy atom. The highest BCUT2D eigenvalue weighted by Gasteiger charge is 2.42. The van der Waals surface area contributed by atoms with Crippen molar-refractivity contribution in [3.05, 3.63) is 93.9 Å². The fourth-order valence-electron chi connectivity index (χ4n) is 3.38. The van der Waals surface area contributed by atoms with E-state index in [2.05, 4.69) is 5.32 Å². The monoisotopic (exact) mass is 363 g/mol. The highest BCUT2D eigenvalue weighted by atomic mass is 16.6. The molecule has 2 heterocycles. The normalized spacial score (nSPS) is 18.7. The van der Waals surface area contributed by atoms with Gasteiger partial charge in [0.05, 0.1) is 23.3 Å². The van der Waals surface area contributed by atoms with Gasteiger partial charge in [0.2, 0.25) is 0 Å². The molecule has 1 aromatic heterocycles. The number of nitro benzene ring substituents is 1. The maximum Gasteiger partial charge on any atom is 0.269 e. The topological polar surface area (TPSA) is 88.6 Å². The number of nitrogens with zero attached hydrogens (tertiary/aromatic N) is 2. The summed E-state index contributed by atoms with van der Waals surface area (Å²) in [6.07, 6.45) is 1.56. The molecule has 0 saturated carbocycles. The highest BCUT2D eigenvalue weighted by Crippen LogP contribution is 2.39. The smallest absolute Gasteiger partial charge is 0.269 e. The second-order valence-corrected chi connectivity index (χ2v) is 6.52. The van der Waals surface area contributed by atoms with Gasteiger partial charge >= 0.3 is 0 Å². The molecule has 1 N–H and O–H groups in total. The Kier molecular flexibility index (Phi) is 3.92. The zero-order valence-electron chi connectivity index (χ0n) is 14.6. The number of non-ortho nitro benzene ring substituents is 1. The summed E-state index contributed by atoms with van der Waals surface area (Å²) in [5.41, 5.74) is 1.14. The maximum atomic E-state index is 13.2. The van der Waals surface area contributed by atoms with Gasteiger partial charge in [-0.15, -0.1) is 0 Å². The number of carbonyl (C=O) groups is 1. The number of fused-ring (bicyclic) bond motifs is 1. The minimum Gasteiger partial charge on any atom is -0.467 e. The minimum atomic E-state index is -0.895. The van der Waals surface area contributed by atoms with E-state index in [-0.39, 0.29) is 18.1 Å². The van der Waals surface area contributed by atoms with Crippen molar-refractivity contribution in [2.45, 2.75) is 19.1 Å². The average Bonchev–Trinajstić information content (AvgIpc) is 3.18. The molecular formula is C20H17N3O4. The number of furan rings is 1. The van der Waals surface area contributed by atoms with Crippen LogP contribution in [0.1, 0.15) is 28.6 Å². The van der Waals surface area contributed by atoms with Gasteiger partial charge in [-0.3, -0.25) is 14.9 Å². The first-order valence-electron chi connectivity index (χ1n) is 8.45. The highest BCUT2D eigenvalue weighted by molar-refractivity contribution is 6.02. The number of hydrogen-bond donors (Lipinski definition) is 1. The fraction of sp³-hybridized carbons (Fsp3) is 0.150. The number of benzene rings is 2. The Morgan fingerprint density at radius 2 is 1.85 bits per heavy atom. The van der Waals surface area contributed by atoms with Crippen LogP contribution in [0.15, 0.2) is 71.3 Å². The molecule has 27 heavy (non-hydrogen) atoms. The first-order chi connectivity index (χ1) is 13.0. The Labute approximate surface area is 155 Å². The Balaban J connectivity index is 1.81. The second-order valence-electron chi connectivity index (χ2n) is 6.52. The molecule has 1 amide bonds. The molecule has 1 aliphatic heterocycles. The molecule has 0 fully saturated rings. The molecule has 0 spiro atoms. The fourth-order valence-corrected chi connectivity index (χ4v) is 3.38. The van der Waals surface area contributed by atoms with Crippen LogP contribution in [-0.4, -0.2) is 15.7 Å². The zero-order valence-corrected chi connectivity index (χ0v) is 14.6. The van der Waals surface area contributed by atoms with Crippen LogP contribution in [0, 0.1) is 10.1 Å². The van der Waals surface area contributed by atoms with Crippen molar-refractivity contribution < 1.29 is 14.1 Å². The van der Waals surface area contributed by atoms with Crippen LogP contribution in [0.25, 0.3) is 0 Å². The quantitative estimate of drug-likeness (QED) is 0.556. The summed E-state index contributed by atoms with van der Waals surface area (Å²) >= 11 is 0. The molecule has 0 saturated heterocycles. The van der Waals surface area contributed by atoms with Crippen LogP contribution in [0.3, 0.4) is 0 Å². The third-order valence-electron chi connectivity index (χ3n) is 4.85. The SMILES string of the molecule is CC1(c2ccc([N+](=O)[O-])cc2)Nc2ccccc2C(=O)N1Cc1ccco1. The van der Waals surface area contributed by atoms with Gasteiger partial charge in [-0.25, -0.2) is 0 Å². The molecule has 7 heteroatoms. The lowest BCUT2D eigenvalue weighted by Crippen LogP contribution is -2.55. The van der Waals surface area contributed by atoms with Crippen molar-refractivity contribution >= 4 is 17.3 Å². The third kappa shape index (κ3) is 2.83. The van der Waals surface area contributed by atoms with Crippen molar-refractivity contribution in [2.75, 3.05) is 5.32 Å². The van der Waals surface area contributed by atoms with E-state index >= 15 is 0 Å². The summed E-state index contributed by atoms with van der Waals surface area (Å²) < 4.78 is 5.44. The standard InChI is InChI=1S/C20H17N3O4/c1-20(14-8-10-15(11-9-14)23(25)26)21-18-7-3-2-6-17(18)19(24)22(20)13-16-5-4-12-27-16/h2-12,21H,13H2,1H3. The number of para-hydroxylation sites is 1. The van der Waals surface area contributed by atoms with Gasteiger partial charge < -0.3 is 14.6 Å². The molecule has 1 unspecified atom stereocenters. The van der Waals surface area contributed by atoms with E-state index in [4.69, 9.17) is 4.42 Å². The van der Waals surface area contributed by atoms with Crippen molar-refractivity contribution in [1.82, 2.24) is 4.90 Å². The van der Waals surface area contributed by atoms with E-state index in [1.54, 1.807) is 35.4 Å². The Morgan fingerprint density at radius 1 is 1.11 bits per heavy atom. The lowest BCUT2D eigenvalue weighted by atomic mass is 9.93. The number of anilines is 1. The van der Waals surface area contributed by atoms with Crippen LogP contribution in [-0.2, 0) is 12.2 Å². The van der Waals surface area contributed by atoms with Gasteiger partial charge in [0.15, 0.2) is 0 Å². The molecule has 136 valence electrons. The van der Waals surface area contributed by atoms with Gasteiger partial charge in [-0.05, 0) is 48.9 Å². The molecule has 4 rings (SSSR count). The Hall–Kier alpha value is -3.61. The van der Waals surface area contributed by atoms with E-state index in [1.165, 1.54) is 12.1 Å². The number of nitro groups is 1. The van der Waals surface area contributed by atoms with Crippen molar-refractivity contribution in [2.24, 2.45) is 0 Å². The van der Waals surface area contributed by atoms with E-state index in [1.807, 2.05) is 31.2 Å². The summed E-state index contributed by atoms with van der Waals surface area (Å²) in [5, 5.41) is 14.4. The van der Waals surface area contributed by atoms with Crippen molar-refractivity contribution in [1.29, 1.82) is 0 Å². The van der Waals surface area contributed by atoms with Gasteiger partial charge in [-0.1, -0.05) is 12.1 Å². The molecule has 1 aliphatic rings. The molecular weight excluding hydrogens is 346 g/mol. The molecule has 0 aliphatic carbocycles. The minimum absolute atomic E-state index is 0.00229. The van der Waals surface area contributed by atoms with Crippen molar-refractivity contribution in [3.63, 3.8) is 0 Å². The lowest BCUT2D eigenvalue weighted by molar-refractivity contribution is -0.384. The van der Waals surface area contributed by atoms with E-state index in [0.29, 0.717) is 11.3 Å². The largest absolute Gasteiger partial charge is 0.467 e. The summed E-state index contributed by atoms with van der Waals surface area (Å²) in [6.45, 7) is 2.14. The number of nitrogens with one attached hydrogen (secondary N) is 1. The van der Waals surface area contributed by atoms with Crippen LogP contribution >= 0.6 is 0 Å². The van der Waals surface area contributed by atoms with Crippen LogP contribution < -0.4 is 5.32 Å². The predicted octanol–water partition coefficient (Wildman–Crippen LogP) is 4.13. The summed E-state index contributed by atoms with van der Waals surface area (Å²) in [7, 11) is 0. The molecule has 2 aromatic carbocycles. The molecule has 0 radical (unpaired) electrons. The van der Waals surface area contributed by atoms with E-state index in [0.717, 1.165) is 11.3 Å². The number of hydrogen-bond acceptors (Lipinski definition) is 5. The second kappa shape index (κ2) is 6.28.